The highest BCUT2D eigenvalue weighted by Gasteiger charge is 2.11. The molecule has 0 amide bonds. The second kappa shape index (κ2) is 7.76. The van der Waals surface area contributed by atoms with E-state index in [9.17, 15) is 0 Å². The average molecular weight is 436 g/mol. The summed E-state index contributed by atoms with van der Waals surface area (Å²) in [5.41, 5.74) is 5.28. The van der Waals surface area contributed by atoms with Crippen LogP contribution in [0, 0.1) is 6.92 Å². The van der Waals surface area contributed by atoms with Crippen LogP contribution in [0.3, 0.4) is 0 Å². The highest BCUT2D eigenvalue weighted by Crippen LogP contribution is 2.29. The first kappa shape index (κ1) is 18.7. The molecule has 1 N–H and O–H groups in total. The van der Waals surface area contributed by atoms with Gasteiger partial charge in [-0.2, -0.15) is 0 Å². The van der Waals surface area contributed by atoms with Gasteiger partial charge in [0, 0.05) is 27.5 Å². The van der Waals surface area contributed by atoms with Crippen molar-refractivity contribution in [3.63, 3.8) is 0 Å². The number of halogens is 1. The normalized spacial score (nSPS) is 12.3. The number of nitrogens with one attached hydrogen (secondary N) is 1. The fraction of sp³-hybridized carbons (Fsp3) is 0.217. The topological polar surface area (TPSA) is 51.0 Å². The van der Waals surface area contributed by atoms with E-state index in [4.69, 9.17) is 4.42 Å². The van der Waals surface area contributed by atoms with Crippen LogP contribution in [0.1, 0.15) is 36.8 Å². The molecule has 2 aromatic heterocycles. The van der Waals surface area contributed by atoms with Crippen molar-refractivity contribution >= 4 is 32.7 Å². The van der Waals surface area contributed by atoms with E-state index in [2.05, 4.69) is 69.3 Å². The molecule has 2 aromatic carbocycles. The van der Waals surface area contributed by atoms with Gasteiger partial charge in [-0.25, -0.2) is 9.97 Å². The van der Waals surface area contributed by atoms with Gasteiger partial charge < -0.3 is 9.73 Å². The Morgan fingerprint density at radius 1 is 1.11 bits per heavy atom. The van der Waals surface area contributed by atoms with Gasteiger partial charge in [0.25, 0.3) is 0 Å². The van der Waals surface area contributed by atoms with Crippen molar-refractivity contribution in [3.8, 4) is 11.3 Å². The molecule has 0 aliphatic heterocycles. The van der Waals surface area contributed by atoms with Gasteiger partial charge in [0.15, 0.2) is 0 Å². The van der Waals surface area contributed by atoms with Crippen LogP contribution >= 0.6 is 15.9 Å². The van der Waals surface area contributed by atoms with Gasteiger partial charge in [-0.15, -0.1) is 0 Å². The van der Waals surface area contributed by atoms with Crippen molar-refractivity contribution in [2.45, 2.75) is 33.2 Å². The number of fused-ring (bicyclic) bond motifs is 1. The number of rotatable bonds is 5. The average Bonchev–Trinajstić information content (AvgIpc) is 3.09. The number of furan rings is 1. The maximum absolute atomic E-state index is 5.64. The van der Waals surface area contributed by atoms with Crippen molar-refractivity contribution in [1.29, 1.82) is 0 Å². The zero-order valence-corrected chi connectivity index (χ0v) is 17.7. The molecule has 0 aliphatic carbocycles. The number of aromatic nitrogens is 2. The lowest BCUT2D eigenvalue weighted by Crippen LogP contribution is -2.09. The van der Waals surface area contributed by atoms with Crippen LogP contribution < -0.4 is 5.32 Å². The summed E-state index contributed by atoms with van der Waals surface area (Å²) < 4.78 is 6.71. The Bertz CT molecular complexity index is 1140. The van der Waals surface area contributed by atoms with Crippen molar-refractivity contribution in [2.24, 2.45) is 0 Å². The highest BCUT2D eigenvalue weighted by atomic mass is 79.9. The molecule has 0 saturated carbocycles. The minimum absolute atomic E-state index is 0.127. The summed E-state index contributed by atoms with van der Waals surface area (Å²) in [7, 11) is 0. The third-order valence-electron chi connectivity index (χ3n) is 4.88. The summed E-state index contributed by atoms with van der Waals surface area (Å²) in [5.74, 6) is 1.56. The number of anilines is 1. The standard InChI is InChI=1S/C23H22BrN3O/c1-4-16-13-28-22-9-8-18(11-20(16)22)21-12-23(27-15(3)26-21)25-14(2)17-6-5-7-19(24)10-17/h5-14H,4H2,1-3H3,(H,25,26,27)/t14-/m0/s1. The van der Waals surface area contributed by atoms with Gasteiger partial charge in [-0.05, 0) is 61.7 Å². The molecule has 2 heterocycles. The Hall–Kier alpha value is -2.66. The van der Waals surface area contributed by atoms with Gasteiger partial charge in [0.05, 0.1) is 12.0 Å². The smallest absolute Gasteiger partial charge is 0.134 e. The van der Waals surface area contributed by atoms with Crippen LogP contribution in [0.4, 0.5) is 5.82 Å². The minimum Gasteiger partial charge on any atom is -0.464 e. The number of aryl methyl sites for hydroxylation is 2. The molecular formula is C23H22BrN3O. The van der Waals surface area contributed by atoms with Gasteiger partial charge in [-0.3, -0.25) is 0 Å². The van der Waals surface area contributed by atoms with E-state index in [1.54, 1.807) is 0 Å². The number of hydrogen-bond donors (Lipinski definition) is 1. The SMILES string of the molecule is CCc1coc2ccc(-c3cc(N[C@@H](C)c4cccc(Br)c4)nc(C)n3)cc12. The van der Waals surface area contributed by atoms with Gasteiger partial charge >= 0.3 is 0 Å². The van der Waals surface area contributed by atoms with E-state index in [1.165, 1.54) is 11.1 Å². The van der Waals surface area contributed by atoms with Gasteiger partial charge in [0.2, 0.25) is 0 Å². The molecule has 1 atom stereocenters. The lowest BCUT2D eigenvalue weighted by Gasteiger charge is -2.16. The van der Waals surface area contributed by atoms with Crippen LogP contribution in [0.25, 0.3) is 22.2 Å². The highest BCUT2D eigenvalue weighted by molar-refractivity contribution is 9.10. The Kier molecular flexibility index (Phi) is 5.18. The molecule has 0 saturated heterocycles. The maximum Gasteiger partial charge on any atom is 0.134 e. The number of benzene rings is 2. The monoisotopic (exact) mass is 435 g/mol. The molecule has 0 bridgehead atoms. The van der Waals surface area contributed by atoms with Crippen LogP contribution in [-0.2, 0) is 6.42 Å². The first-order chi connectivity index (χ1) is 13.5. The van der Waals surface area contributed by atoms with Crippen LogP contribution in [0.2, 0.25) is 0 Å². The molecule has 0 aliphatic rings. The lowest BCUT2D eigenvalue weighted by molar-refractivity contribution is 0.611. The van der Waals surface area contributed by atoms with E-state index in [-0.39, 0.29) is 6.04 Å². The summed E-state index contributed by atoms with van der Waals surface area (Å²) in [5, 5.41) is 4.65. The molecule has 0 fully saturated rings. The van der Waals surface area contributed by atoms with Crippen molar-refractivity contribution in [1.82, 2.24) is 9.97 Å². The summed E-state index contributed by atoms with van der Waals surface area (Å²) in [4.78, 5) is 9.24. The maximum atomic E-state index is 5.64. The van der Waals surface area contributed by atoms with E-state index in [0.717, 1.165) is 44.8 Å². The Balaban J connectivity index is 1.67. The fourth-order valence-electron chi connectivity index (χ4n) is 3.39. The predicted octanol–water partition coefficient (Wildman–Crippen LogP) is 6.70. The van der Waals surface area contributed by atoms with Crippen LogP contribution in [-0.4, -0.2) is 9.97 Å². The zero-order valence-electron chi connectivity index (χ0n) is 16.2. The quantitative estimate of drug-likeness (QED) is 0.378. The third kappa shape index (κ3) is 3.80. The molecule has 0 spiro atoms. The first-order valence-electron chi connectivity index (χ1n) is 9.41. The van der Waals surface area contributed by atoms with Crippen molar-refractivity contribution < 1.29 is 4.42 Å². The molecule has 0 radical (unpaired) electrons. The first-order valence-corrected chi connectivity index (χ1v) is 10.2. The van der Waals surface area contributed by atoms with E-state index in [1.807, 2.05) is 37.5 Å². The molecule has 4 aromatic rings. The molecule has 5 heteroatoms. The Morgan fingerprint density at radius 3 is 2.75 bits per heavy atom. The fourth-order valence-corrected chi connectivity index (χ4v) is 3.80. The van der Waals surface area contributed by atoms with Gasteiger partial charge in [0.1, 0.15) is 17.2 Å². The van der Waals surface area contributed by atoms with E-state index >= 15 is 0 Å². The Labute approximate surface area is 173 Å². The van der Waals surface area contributed by atoms with Crippen LogP contribution in [0.5, 0.6) is 0 Å². The third-order valence-corrected chi connectivity index (χ3v) is 5.37. The van der Waals surface area contributed by atoms with Crippen LogP contribution in [0.15, 0.2) is 63.7 Å². The molecule has 4 rings (SSSR count). The van der Waals surface area contributed by atoms with E-state index < -0.39 is 0 Å². The summed E-state index contributed by atoms with van der Waals surface area (Å²) in [6.45, 7) is 6.19. The second-order valence-electron chi connectivity index (χ2n) is 6.93. The molecule has 142 valence electrons. The minimum atomic E-state index is 0.127. The molecule has 0 unspecified atom stereocenters. The number of hydrogen-bond acceptors (Lipinski definition) is 4. The largest absolute Gasteiger partial charge is 0.464 e. The van der Waals surface area contributed by atoms with Gasteiger partial charge in [-0.1, -0.05) is 35.0 Å². The predicted molar refractivity (Wildman–Crippen MR) is 118 cm³/mol. The van der Waals surface area contributed by atoms with Crippen molar-refractivity contribution in [3.05, 3.63) is 76.2 Å². The summed E-state index contributed by atoms with van der Waals surface area (Å²) >= 11 is 3.54. The van der Waals surface area contributed by atoms with E-state index in [0.29, 0.717) is 0 Å². The molecule has 28 heavy (non-hydrogen) atoms. The molecular weight excluding hydrogens is 414 g/mol. The number of nitrogens with zero attached hydrogens (tertiary/aromatic N) is 2. The summed E-state index contributed by atoms with van der Waals surface area (Å²) in [6.07, 6.45) is 2.78. The second-order valence-corrected chi connectivity index (χ2v) is 7.85. The Morgan fingerprint density at radius 2 is 1.96 bits per heavy atom. The van der Waals surface area contributed by atoms with Crippen molar-refractivity contribution in [2.75, 3.05) is 5.32 Å². The zero-order chi connectivity index (χ0) is 19.7. The molecule has 4 nitrogen and oxygen atoms in total. The summed E-state index contributed by atoms with van der Waals surface area (Å²) in [6, 6.07) is 16.6. The lowest BCUT2D eigenvalue weighted by atomic mass is 10.1.